The van der Waals surface area contributed by atoms with Crippen molar-refractivity contribution in [3.63, 3.8) is 0 Å². The summed E-state index contributed by atoms with van der Waals surface area (Å²) in [5.74, 6) is -1.46. The molecule has 0 bridgehead atoms. The zero-order valence-electron chi connectivity index (χ0n) is 18.5. The van der Waals surface area contributed by atoms with Crippen molar-refractivity contribution in [1.29, 1.82) is 0 Å². The highest BCUT2D eigenvalue weighted by molar-refractivity contribution is 7.89. The summed E-state index contributed by atoms with van der Waals surface area (Å²) in [5.41, 5.74) is 0.686. The number of aromatic nitrogens is 1. The zero-order chi connectivity index (χ0) is 24.7. The fraction of sp³-hybridized carbons (Fsp3) is 0.409. The van der Waals surface area contributed by atoms with E-state index in [9.17, 15) is 26.8 Å². The fourth-order valence-corrected chi connectivity index (χ4v) is 4.91. The molecule has 0 N–H and O–H groups in total. The van der Waals surface area contributed by atoms with Crippen LogP contribution in [0.1, 0.15) is 18.4 Å². The number of carbonyl (C=O) groups excluding carboxylic acids is 2. The third-order valence-corrected chi connectivity index (χ3v) is 7.27. The second kappa shape index (κ2) is 11.3. The predicted molar refractivity (Wildman–Crippen MR) is 116 cm³/mol. The molecule has 1 fully saturated rings. The van der Waals surface area contributed by atoms with Crippen LogP contribution < -0.4 is 4.74 Å². The molecular weight excluding hydrogens is 472 g/mol. The Bertz CT molecular complexity index is 1080. The van der Waals surface area contributed by atoms with Gasteiger partial charge in [-0.05, 0) is 42.7 Å². The second-order valence-electron chi connectivity index (χ2n) is 7.75. The number of rotatable bonds is 9. The van der Waals surface area contributed by atoms with Crippen molar-refractivity contribution in [1.82, 2.24) is 14.2 Å². The lowest BCUT2D eigenvalue weighted by atomic mass is 9.98. The van der Waals surface area contributed by atoms with Gasteiger partial charge in [-0.3, -0.25) is 14.6 Å². The van der Waals surface area contributed by atoms with Gasteiger partial charge in [-0.15, -0.1) is 0 Å². The lowest BCUT2D eigenvalue weighted by molar-refractivity contribution is -0.156. The normalized spacial score (nSPS) is 15.2. The molecule has 0 radical (unpaired) electrons. The van der Waals surface area contributed by atoms with Crippen LogP contribution in [-0.2, 0) is 30.9 Å². The minimum Gasteiger partial charge on any atom is -0.455 e. The van der Waals surface area contributed by atoms with E-state index in [0.717, 1.165) is 0 Å². The molecule has 2 heterocycles. The molecule has 1 amide bonds. The Morgan fingerprint density at radius 3 is 2.44 bits per heavy atom. The van der Waals surface area contributed by atoms with E-state index in [2.05, 4.69) is 9.72 Å². The molecule has 0 atom stereocenters. The summed E-state index contributed by atoms with van der Waals surface area (Å²) in [7, 11) is -2.14. The number of benzene rings is 1. The van der Waals surface area contributed by atoms with Gasteiger partial charge >= 0.3 is 12.6 Å². The highest BCUT2D eigenvalue weighted by atomic mass is 32.2. The molecule has 0 aliphatic carbocycles. The van der Waals surface area contributed by atoms with Crippen molar-refractivity contribution in [3.8, 4) is 5.75 Å². The molecule has 0 spiro atoms. The summed E-state index contributed by atoms with van der Waals surface area (Å²) in [4.78, 5) is 30.0. The number of halogens is 2. The van der Waals surface area contributed by atoms with Gasteiger partial charge in [-0.2, -0.15) is 13.1 Å². The predicted octanol–water partition coefficient (Wildman–Crippen LogP) is 2.29. The van der Waals surface area contributed by atoms with Gasteiger partial charge in [0.2, 0.25) is 10.0 Å². The van der Waals surface area contributed by atoms with Crippen molar-refractivity contribution in [2.45, 2.75) is 30.9 Å². The first-order valence-corrected chi connectivity index (χ1v) is 12.0. The Kier molecular flexibility index (Phi) is 8.51. The van der Waals surface area contributed by atoms with Crippen LogP contribution >= 0.6 is 0 Å². The summed E-state index contributed by atoms with van der Waals surface area (Å²) in [6, 6.07) is 8.88. The van der Waals surface area contributed by atoms with Crippen molar-refractivity contribution in [2.24, 2.45) is 5.92 Å². The molecule has 1 aliphatic rings. The Morgan fingerprint density at radius 1 is 1.18 bits per heavy atom. The van der Waals surface area contributed by atoms with Gasteiger partial charge in [0.15, 0.2) is 6.61 Å². The molecule has 12 heteroatoms. The first-order valence-electron chi connectivity index (χ1n) is 10.5. The van der Waals surface area contributed by atoms with Gasteiger partial charge in [0.1, 0.15) is 10.6 Å². The van der Waals surface area contributed by atoms with E-state index in [1.165, 1.54) is 46.8 Å². The molecule has 34 heavy (non-hydrogen) atoms. The summed E-state index contributed by atoms with van der Waals surface area (Å²) in [5, 5.41) is 0. The van der Waals surface area contributed by atoms with E-state index in [4.69, 9.17) is 4.74 Å². The highest BCUT2D eigenvalue weighted by Crippen LogP contribution is 2.24. The van der Waals surface area contributed by atoms with Crippen molar-refractivity contribution < 1.29 is 36.3 Å². The number of hydrogen-bond acceptors (Lipinski definition) is 7. The number of carbonyl (C=O) groups is 2. The van der Waals surface area contributed by atoms with Gasteiger partial charge in [-0.1, -0.05) is 12.1 Å². The first-order chi connectivity index (χ1) is 16.2. The second-order valence-corrected chi connectivity index (χ2v) is 9.68. The molecule has 9 nitrogen and oxygen atoms in total. The van der Waals surface area contributed by atoms with Crippen LogP contribution in [0.25, 0.3) is 0 Å². The lowest BCUT2D eigenvalue weighted by Crippen LogP contribution is -2.41. The SMILES string of the molecule is CN(Cc1ccc(OC(F)F)cc1)C(=O)COC(=O)C1CCN(S(=O)(=O)c2cccnc2)CC1. The Morgan fingerprint density at radius 2 is 1.85 bits per heavy atom. The molecule has 1 saturated heterocycles. The molecule has 0 unspecified atom stereocenters. The molecule has 1 aliphatic heterocycles. The third kappa shape index (κ3) is 6.70. The molecule has 2 aromatic rings. The molecular formula is C22H25F2N3O6S. The van der Waals surface area contributed by atoms with E-state index in [1.54, 1.807) is 18.2 Å². The molecule has 184 valence electrons. The topological polar surface area (TPSA) is 106 Å². The smallest absolute Gasteiger partial charge is 0.387 e. The van der Waals surface area contributed by atoms with E-state index >= 15 is 0 Å². The van der Waals surface area contributed by atoms with Crippen LogP contribution in [-0.4, -0.2) is 67.8 Å². The molecule has 0 saturated carbocycles. The lowest BCUT2D eigenvalue weighted by Gasteiger charge is -2.30. The summed E-state index contributed by atoms with van der Waals surface area (Å²) < 4.78 is 60.5. The van der Waals surface area contributed by atoms with Crippen LogP contribution in [0.3, 0.4) is 0 Å². The zero-order valence-corrected chi connectivity index (χ0v) is 19.3. The van der Waals surface area contributed by atoms with Gasteiger partial charge < -0.3 is 14.4 Å². The maximum absolute atomic E-state index is 12.6. The first kappa shape index (κ1) is 25.5. The minimum atomic E-state index is -3.67. The number of hydrogen-bond donors (Lipinski definition) is 0. The number of piperidine rings is 1. The molecule has 1 aromatic carbocycles. The fourth-order valence-electron chi connectivity index (χ4n) is 3.48. The number of ether oxygens (including phenoxy) is 2. The van der Waals surface area contributed by atoms with Crippen LogP contribution in [0.5, 0.6) is 5.75 Å². The number of esters is 1. The minimum absolute atomic E-state index is 0.0148. The van der Waals surface area contributed by atoms with Crippen molar-refractivity contribution in [3.05, 3.63) is 54.4 Å². The van der Waals surface area contributed by atoms with E-state index in [-0.39, 0.29) is 43.1 Å². The quantitative estimate of drug-likeness (QED) is 0.490. The number of likely N-dealkylation sites (N-methyl/N-ethyl adjacent to an activating group) is 1. The number of alkyl halides is 2. The van der Waals surface area contributed by atoms with Crippen molar-refractivity contribution in [2.75, 3.05) is 26.7 Å². The summed E-state index contributed by atoms with van der Waals surface area (Å²) >= 11 is 0. The van der Waals surface area contributed by atoms with Crippen molar-refractivity contribution >= 4 is 21.9 Å². The monoisotopic (exact) mass is 497 g/mol. The van der Waals surface area contributed by atoms with Crippen LogP contribution in [0.4, 0.5) is 8.78 Å². The van der Waals surface area contributed by atoms with E-state index in [1.807, 2.05) is 0 Å². The Hall–Kier alpha value is -3.12. The largest absolute Gasteiger partial charge is 0.455 e. The van der Waals surface area contributed by atoms with Gasteiger partial charge in [0, 0.05) is 39.1 Å². The average molecular weight is 498 g/mol. The Labute approximate surface area is 196 Å². The number of amides is 1. The van der Waals surface area contributed by atoms with Crippen LogP contribution in [0, 0.1) is 5.92 Å². The van der Waals surface area contributed by atoms with Gasteiger partial charge in [0.25, 0.3) is 5.91 Å². The van der Waals surface area contributed by atoms with E-state index in [0.29, 0.717) is 5.56 Å². The molecule has 1 aromatic heterocycles. The van der Waals surface area contributed by atoms with Crippen LogP contribution in [0.2, 0.25) is 0 Å². The number of pyridine rings is 1. The standard InChI is InChI=1S/C22H25F2N3O6S/c1-26(14-16-4-6-18(7-5-16)33-22(23)24)20(28)15-32-21(29)17-8-11-27(12-9-17)34(30,31)19-3-2-10-25-13-19/h2-7,10,13,17,22H,8-9,11-12,14-15H2,1H3. The number of sulfonamides is 1. The van der Waals surface area contributed by atoms with Gasteiger partial charge in [-0.25, -0.2) is 8.42 Å². The highest BCUT2D eigenvalue weighted by Gasteiger charge is 2.33. The van der Waals surface area contributed by atoms with Crippen LogP contribution in [0.15, 0.2) is 53.7 Å². The van der Waals surface area contributed by atoms with Gasteiger partial charge in [0.05, 0.1) is 5.92 Å². The maximum Gasteiger partial charge on any atom is 0.387 e. The summed E-state index contributed by atoms with van der Waals surface area (Å²) in [6.45, 7) is -2.85. The molecule has 3 rings (SSSR count). The third-order valence-electron chi connectivity index (χ3n) is 5.39. The van der Waals surface area contributed by atoms with E-state index < -0.39 is 41.0 Å². The average Bonchev–Trinajstić information content (AvgIpc) is 2.83. The number of nitrogens with zero attached hydrogens (tertiary/aromatic N) is 3. The Balaban J connectivity index is 1.43. The summed E-state index contributed by atoms with van der Waals surface area (Å²) in [6.07, 6.45) is 3.34. The maximum atomic E-state index is 12.6.